The molecular formula is C14H17ClN2O2. The first-order valence-electron chi connectivity index (χ1n) is 6.24. The van der Waals surface area contributed by atoms with Crippen molar-refractivity contribution in [1.29, 1.82) is 5.26 Å². The minimum Gasteiger partial charge on any atom is -0.395 e. The van der Waals surface area contributed by atoms with Gasteiger partial charge in [-0.2, -0.15) is 5.26 Å². The number of methoxy groups -OCH3 is 1. The van der Waals surface area contributed by atoms with Crippen molar-refractivity contribution in [2.24, 2.45) is 0 Å². The van der Waals surface area contributed by atoms with E-state index in [2.05, 4.69) is 11.0 Å². The van der Waals surface area contributed by atoms with Crippen LogP contribution in [0.25, 0.3) is 0 Å². The summed E-state index contributed by atoms with van der Waals surface area (Å²) in [6.45, 7) is 1.51. The fourth-order valence-electron chi connectivity index (χ4n) is 2.50. The summed E-state index contributed by atoms with van der Waals surface area (Å²) in [6, 6.07) is 7.59. The van der Waals surface area contributed by atoms with E-state index in [4.69, 9.17) is 21.6 Å². The summed E-state index contributed by atoms with van der Waals surface area (Å²) in [7, 11) is 1.69. The Kier molecular flexibility index (Phi) is 4.78. The van der Waals surface area contributed by atoms with Crippen molar-refractivity contribution in [3.8, 4) is 6.07 Å². The van der Waals surface area contributed by atoms with Gasteiger partial charge in [-0.3, -0.25) is 4.90 Å². The van der Waals surface area contributed by atoms with Gasteiger partial charge in [0.1, 0.15) is 0 Å². The van der Waals surface area contributed by atoms with Crippen molar-refractivity contribution < 1.29 is 9.84 Å². The fraction of sp³-hybridized carbons (Fsp3) is 0.500. The Morgan fingerprint density at radius 3 is 3.00 bits per heavy atom. The predicted molar refractivity (Wildman–Crippen MR) is 72.9 cm³/mol. The van der Waals surface area contributed by atoms with Gasteiger partial charge < -0.3 is 9.84 Å². The van der Waals surface area contributed by atoms with E-state index in [-0.39, 0.29) is 18.8 Å². The van der Waals surface area contributed by atoms with Crippen LogP contribution in [0.1, 0.15) is 17.5 Å². The van der Waals surface area contributed by atoms with Gasteiger partial charge in [0.05, 0.1) is 24.3 Å². The molecule has 19 heavy (non-hydrogen) atoms. The van der Waals surface area contributed by atoms with Crippen LogP contribution in [-0.2, 0) is 11.3 Å². The number of benzene rings is 1. The van der Waals surface area contributed by atoms with Gasteiger partial charge in [0.25, 0.3) is 0 Å². The lowest BCUT2D eigenvalue weighted by Gasteiger charge is -2.22. The van der Waals surface area contributed by atoms with E-state index < -0.39 is 0 Å². The maximum absolute atomic E-state index is 9.42. The Morgan fingerprint density at radius 2 is 2.37 bits per heavy atom. The number of ether oxygens (including phenoxy) is 1. The summed E-state index contributed by atoms with van der Waals surface area (Å²) < 4.78 is 5.35. The summed E-state index contributed by atoms with van der Waals surface area (Å²) in [5.74, 6) is 0. The van der Waals surface area contributed by atoms with Gasteiger partial charge in [0.15, 0.2) is 0 Å². The second-order valence-electron chi connectivity index (χ2n) is 4.77. The van der Waals surface area contributed by atoms with Crippen molar-refractivity contribution >= 4 is 11.6 Å². The van der Waals surface area contributed by atoms with Crippen LogP contribution in [0.15, 0.2) is 18.2 Å². The van der Waals surface area contributed by atoms with E-state index in [1.165, 1.54) is 0 Å². The molecule has 0 amide bonds. The molecule has 2 rings (SSSR count). The first-order valence-corrected chi connectivity index (χ1v) is 6.62. The zero-order valence-electron chi connectivity index (χ0n) is 10.8. The van der Waals surface area contributed by atoms with Crippen molar-refractivity contribution in [2.75, 3.05) is 20.3 Å². The summed E-state index contributed by atoms with van der Waals surface area (Å²) in [4.78, 5) is 2.15. The first kappa shape index (κ1) is 14.3. The second-order valence-corrected chi connectivity index (χ2v) is 5.21. The predicted octanol–water partition coefficient (Wildman–Crippen LogP) is 1.79. The lowest BCUT2D eigenvalue weighted by atomic mass is 10.1. The highest BCUT2D eigenvalue weighted by atomic mass is 35.5. The molecule has 0 bridgehead atoms. The molecule has 5 heteroatoms. The summed E-state index contributed by atoms with van der Waals surface area (Å²) >= 11 is 5.89. The van der Waals surface area contributed by atoms with Crippen LogP contribution in [0.3, 0.4) is 0 Å². The number of hydrogen-bond donors (Lipinski definition) is 1. The van der Waals surface area contributed by atoms with E-state index in [1.807, 2.05) is 6.07 Å². The molecule has 2 atom stereocenters. The van der Waals surface area contributed by atoms with Crippen molar-refractivity contribution in [3.05, 3.63) is 34.3 Å². The van der Waals surface area contributed by atoms with Crippen molar-refractivity contribution in [3.63, 3.8) is 0 Å². The van der Waals surface area contributed by atoms with Gasteiger partial charge >= 0.3 is 0 Å². The van der Waals surface area contributed by atoms with Crippen LogP contribution in [-0.4, -0.2) is 42.4 Å². The number of likely N-dealkylation sites (tertiary alicyclic amines) is 1. The third kappa shape index (κ3) is 3.26. The average molecular weight is 281 g/mol. The largest absolute Gasteiger partial charge is 0.395 e. The van der Waals surface area contributed by atoms with Crippen LogP contribution in [0, 0.1) is 11.3 Å². The molecule has 1 aromatic rings. The van der Waals surface area contributed by atoms with Crippen molar-refractivity contribution in [2.45, 2.75) is 25.1 Å². The normalized spacial score (nSPS) is 23.5. The molecule has 1 aromatic carbocycles. The number of aliphatic hydroxyl groups is 1. The number of rotatable bonds is 4. The van der Waals surface area contributed by atoms with Gasteiger partial charge in [0.2, 0.25) is 0 Å². The summed E-state index contributed by atoms with van der Waals surface area (Å²) in [5.41, 5.74) is 1.52. The van der Waals surface area contributed by atoms with Gasteiger partial charge in [-0.05, 0) is 24.1 Å². The molecular weight excluding hydrogens is 264 g/mol. The topological polar surface area (TPSA) is 56.5 Å². The standard InChI is InChI=1S/C14H17ClN2O2/c1-19-14-5-13(9-18)17(8-14)7-10-2-3-12(15)4-11(10)6-16/h2-4,13-14,18H,5,7-9H2,1H3/t13-,14+/m0/s1. The lowest BCUT2D eigenvalue weighted by molar-refractivity contribution is 0.107. The number of nitrogens with zero attached hydrogens (tertiary/aromatic N) is 2. The molecule has 102 valence electrons. The van der Waals surface area contributed by atoms with Gasteiger partial charge in [-0.25, -0.2) is 0 Å². The Balaban J connectivity index is 2.15. The maximum Gasteiger partial charge on any atom is 0.0995 e. The zero-order chi connectivity index (χ0) is 13.8. The van der Waals surface area contributed by atoms with Crippen LogP contribution < -0.4 is 0 Å². The summed E-state index contributed by atoms with van der Waals surface area (Å²) in [6.07, 6.45) is 0.970. The fourth-order valence-corrected chi connectivity index (χ4v) is 2.67. The quantitative estimate of drug-likeness (QED) is 0.914. The van der Waals surface area contributed by atoms with E-state index in [0.717, 1.165) is 18.5 Å². The number of aliphatic hydroxyl groups excluding tert-OH is 1. The molecule has 1 saturated heterocycles. The van der Waals surface area contributed by atoms with Crippen LogP contribution in [0.2, 0.25) is 5.02 Å². The maximum atomic E-state index is 9.42. The highest BCUT2D eigenvalue weighted by Crippen LogP contribution is 2.24. The highest BCUT2D eigenvalue weighted by molar-refractivity contribution is 6.30. The molecule has 0 radical (unpaired) electrons. The van der Waals surface area contributed by atoms with E-state index in [1.54, 1.807) is 19.2 Å². The number of hydrogen-bond acceptors (Lipinski definition) is 4. The Morgan fingerprint density at radius 1 is 1.58 bits per heavy atom. The van der Waals surface area contributed by atoms with E-state index in [0.29, 0.717) is 17.1 Å². The molecule has 1 fully saturated rings. The average Bonchev–Trinajstić information content (AvgIpc) is 2.83. The van der Waals surface area contributed by atoms with E-state index in [9.17, 15) is 5.11 Å². The second kappa shape index (κ2) is 6.36. The van der Waals surface area contributed by atoms with Crippen molar-refractivity contribution in [1.82, 2.24) is 4.90 Å². The third-order valence-electron chi connectivity index (χ3n) is 3.60. The molecule has 0 saturated carbocycles. The molecule has 0 aliphatic carbocycles. The molecule has 1 N–H and O–H groups in total. The molecule has 1 aliphatic rings. The summed E-state index contributed by atoms with van der Waals surface area (Å²) in [5, 5.41) is 19.1. The van der Waals surface area contributed by atoms with Gasteiger partial charge in [0, 0.05) is 31.3 Å². The highest BCUT2D eigenvalue weighted by Gasteiger charge is 2.31. The Labute approximate surface area is 118 Å². The molecule has 1 aliphatic heterocycles. The van der Waals surface area contributed by atoms with Crippen LogP contribution >= 0.6 is 11.6 Å². The van der Waals surface area contributed by atoms with Crippen LogP contribution in [0.5, 0.6) is 0 Å². The minimum absolute atomic E-state index is 0.0900. The first-order chi connectivity index (χ1) is 9.17. The zero-order valence-corrected chi connectivity index (χ0v) is 11.6. The van der Waals surface area contributed by atoms with Crippen LogP contribution in [0.4, 0.5) is 0 Å². The van der Waals surface area contributed by atoms with E-state index >= 15 is 0 Å². The lowest BCUT2D eigenvalue weighted by Crippen LogP contribution is -2.32. The Hall–Kier alpha value is -1.12. The third-order valence-corrected chi connectivity index (χ3v) is 3.83. The smallest absolute Gasteiger partial charge is 0.0995 e. The molecule has 0 aromatic heterocycles. The number of halogens is 1. The molecule has 0 unspecified atom stereocenters. The number of nitriles is 1. The monoisotopic (exact) mass is 280 g/mol. The SMILES string of the molecule is CO[C@@H]1C[C@@H](CO)N(Cc2ccc(Cl)cc2C#N)C1. The Bertz CT molecular complexity index is 487. The molecule has 1 heterocycles. The minimum atomic E-state index is 0.0900. The molecule has 0 spiro atoms. The van der Waals surface area contributed by atoms with Gasteiger partial charge in [-0.15, -0.1) is 0 Å². The molecule has 4 nitrogen and oxygen atoms in total. The van der Waals surface area contributed by atoms with Gasteiger partial charge in [-0.1, -0.05) is 17.7 Å².